The normalized spacial score (nSPS) is 16.4. The quantitative estimate of drug-likeness (QED) is 0.613. The molecule has 2 unspecified atom stereocenters. The van der Waals surface area contributed by atoms with Crippen LogP contribution in [0.5, 0.6) is 0 Å². The van der Waals surface area contributed by atoms with Gasteiger partial charge in [-0.2, -0.15) is 0 Å². The van der Waals surface area contributed by atoms with E-state index in [2.05, 4.69) is 0 Å². The molecule has 0 aliphatic heterocycles. The molecule has 0 aliphatic carbocycles. The molecule has 0 spiro atoms. The molecule has 0 aromatic carbocycles. The summed E-state index contributed by atoms with van der Waals surface area (Å²) in [5.74, 6) is 0.208. The third-order valence-corrected chi connectivity index (χ3v) is 1.51. The summed E-state index contributed by atoms with van der Waals surface area (Å²) in [5, 5.41) is 8.98. The Labute approximate surface area is 72.3 Å². The molecule has 0 aromatic heterocycles. The second-order valence-corrected chi connectivity index (χ2v) is 2.72. The van der Waals surface area contributed by atoms with Crippen LogP contribution in [0.15, 0.2) is 0 Å². The zero-order valence-electron chi connectivity index (χ0n) is 6.92. The van der Waals surface area contributed by atoms with Gasteiger partial charge in [0.05, 0.1) is 31.3 Å². The number of ether oxygens (including phenoxy) is 2. The summed E-state index contributed by atoms with van der Waals surface area (Å²) >= 11 is 5.35. The lowest BCUT2D eigenvalue weighted by atomic mass is 10.4. The van der Waals surface area contributed by atoms with Crippen LogP contribution in [0.2, 0.25) is 0 Å². The average Bonchev–Trinajstić information content (AvgIpc) is 2.01. The van der Waals surface area contributed by atoms with Crippen molar-refractivity contribution in [3.05, 3.63) is 0 Å². The molecule has 3 nitrogen and oxygen atoms in total. The van der Waals surface area contributed by atoms with Crippen molar-refractivity contribution in [1.82, 2.24) is 0 Å². The largest absolute Gasteiger partial charge is 0.389 e. The smallest absolute Gasteiger partial charge is 0.0908 e. The summed E-state index contributed by atoms with van der Waals surface area (Å²) in [5.41, 5.74) is 0. The first-order valence-electron chi connectivity index (χ1n) is 3.55. The summed E-state index contributed by atoms with van der Waals surface area (Å²) in [7, 11) is 1.61. The van der Waals surface area contributed by atoms with E-state index in [0.29, 0.717) is 6.61 Å². The van der Waals surface area contributed by atoms with Crippen molar-refractivity contribution in [2.45, 2.75) is 19.1 Å². The van der Waals surface area contributed by atoms with Gasteiger partial charge in [0, 0.05) is 7.11 Å². The van der Waals surface area contributed by atoms with Crippen molar-refractivity contribution < 1.29 is 14.6 Å². The number of alkyl halides is 1. The Balaban J connectivity index is 3.22. The lowest BCUT2D eigenvalue weighted by Crippen LogP contribution is -2.23. The van der Waals surface area contributed by atoms with Gasteiger partial charge in [0.25, 0.3) is 0 Å². The topological polar surface area (TPSA) is 38.7 Å². The predicted molar refractivity (Wildman–Crippen MR) is 44.0 cm³/mol. The molecular weight excluding hydrogens is 168 g/mol. The van der Waals surface area contributed by atoms with Crippen molar-refractivity contribution in [2.24, 2.45) is 0 Å². The van der Waals surface area contributed by atoms with Gasteiger partial charge in [-0.1, -0.05) is 0 Å². The van der Waals surface area contributed by atoms with Gasteiger partial charge in [0.1, 0.15) is 0 Å². The van der Waals surface area contributed by atoms with Crippen LogP contribution >= 0.6 is 11.6 Å². The maximum Gasteiger partial charge on any atom is 0.0908 e. The highest BCUT2D eigenvalue weighted by molar-refractivity contribution is 6.18. The van der Waals surface area contributed by atoms with Gasteiger partial charge in [-0.25, -0.2) is 0 Å². The van der Waals surface area contributed by atoms with E-state index < -0.39 is 6.10 Å². The standard InChI is InChI=1S/C7H15ClO3/c1-6(4-10-2)11-5-7(9)3-8/h6-7,9H,3-5H2,1-2H3. The first-order valence-corrected chi connectivity index (χ1v) is 4.08. The van der Waals surface area contributed by atoms with E-state index in [-0.39, 0.29) is 18.6 Å². The molecule has 0 amide bonds. The Kier molecular flexibility index (Phi) is 6.96. The lowest BCUT2D eigenvalue weighted by Gasteiger charge is -2.13. The SMILES string of the molecule is COCC(C)OCC(O)CCl. The Morgan fingerprint density at radius 1 is 1.45 bits per heavy atom. The van der Waals surface area contributed by atoms with Crippen molar-refractivity contribution in [3.63, 3.8) is 0 Å². The first-order chi connectivity index (χ1) is 5.20. The molecule has 0 aliphatic rings. The van der Waals surface area contributed by atoms with Crippen LogP contribution in [-0.2, 0) is 9.47 Å². The monoisotopic (exact) mass is 182 g/mol. The second-order valence-electron chi connectivity index (χ2n) is 2.41. The molecule has 0 radical (unpaired) electrons. The van der Waals surface area contributed by atoms with Crippen LogP contribution in [-0.4, -0.2) is 43.5 Å². The molecule has 4 heteroatoms. The van der Waals surface area contributed by atoms with Gasteiger partial charge in [0.15, 0.2) is 0 Å². The molecule has 0 saturated heterocycles. The Morgan fingerprint density at radius 2 is 2.09 bits per heavy atom. The number of aliphatic hydroxyl groups excluding tert-OH is 1. The van der Waals surface area contributed by atoms with E-state index in [1.165, 1.54) is 0 Å². The Bertz CT molecular complexity index is 89.8. The highest BCUT2D eigenvalue weighted by Gasteiger charge is 2.05. The molecule has 0 aromatic rings. The van der Waals surface area contributed by atoms with Crippen molar-refractivity contribution in [1.29, 1.82) is 0 Å². The fraction of sp³-hybridized carbons (Fsp3) is 1.00. The highest BCUT2D eigenvalue weighted by Crippen LogP contribution is 1.95. The summed E-state index contributed by atoms with van der Waals surface area (Å²) in [6.07, 6.45) is -0.561. The Hall–Kier alpha value is 0.170. The number of halogens is 1. The molecule has 11 heavy (non-hydrogen) atoms. The molecule has 0 heterocycles. The number of rotatable bonds is 6. The van der Waals surface area contributed by atoms with Gasteiger partial charge in [-0.15, -0.1) is 11.6 Å². The zero-order valence-corrected chi connectivity index (χ0v) is 7.67. The van der Waals surface area contributed by atoms with Gasteiger partial charge >= 0.3 is 0 Å². The van der Waals surface area contributed by atoms with Crippen LogP contribution in [0, 0.1) is 0 Å². The molecule has 0 bridgehead atoms. The minimum Gasteiger partial charge on any atom is -0.389 e. The fourth-order valence-corrected chi connectivity index (χ4v) is 0.692. The Morgan fingerprint density at radius 3 is 2.55 bits per heavy atom. The van der Waals surface area contributed by atoms with Gasteiger partial charge < -0.3 is 14.6 Å². The maximum absolute atomic E-state index is 8.98. The minimum absolute atomic E-state index is 0.0119. The zero-order chi connectivity index (χ0) is 8.69. The van der Waals surface area contributed by atoms with Gasteiger partial charge in [-0.3, -0.25) is 0 Å². The minimum atomic E-state index is -0.573. The molecule has 68 valence electrons. The summed E-state index contributed by atoms with van der Waals surface area (Å²) < 4.78 is 10.0. The van der Waals surface area contributed by atoms with Crippen molar-refractivity contribution in [2.75, 3.05) is 26.2 Å². The molecule has 0 saturated carbocycles. The fourth-order valence-electron chi connectivity index (χ4n) is 0.603. The second kappa shape index (κ2) is 6.85. The van der Waals surface area contributed by atoms with Gasteiger partial charge in [0.2, 0.25) is 0 Å². The van der Waals surface area contributed by atoms with Crippen LogP contribution in [0.1, 0.15) is 6.92 Å². The summed E-state index contributed by atoms with van der Waals surface area (Å²) in [6.45, 7) is 2.69. The molecule has 1 N–H and O–H groups in total. The molecule has 2 atom stereocenters. The van der Waals surface area contributed by atoms with E-state index in [9.17, 15) is 0 Å². The van der Waals surface area contributed by atoms with E-state index in [4.69, 9.17) is 26.2 Å². The maximum atomic E-state index is 8.98. The van der Waals surface area contributed by atoms with Crippen LogP contribution in [0.3, 0.4) is 0 Å². The molecule has 0 fully saturated rings. The first kappa shape index (κ1) is 11.2. The number of hydrogen-bond acceptors (Lipinski definition) is 3. The van der Waals surface area contributed by atoms with Crippen LogP contribution in [0.25, 0.3) is 0 Å². The average molecular weight is 183 g/mol. The number of aliphatic hydroxyl groups is 1. The third kappa shape index (κ3) is 6.56. The van der Waals surface area contributed by atoms with Crippen molar-refractivity contribution in [3.8, 4) is 0 Å². The summed E-state index contributed by atoms with van der Waals surface area (Å²) in [6, 6.07) is 0. The van der Waals surface area contributed by atoms with Crippen LogP contribution < -0.4 is 0 Å². The number of methoxy groups -OCH3 is 1. The van der Waals surface area contributed by atoms with E-state index >= 15 is 0 Å². The highest BCUT2D eigenvalue weighted by atomic mass is 35.5. The predicted octanol–water partition coefficient (Wildman–Crippen LogP) is 0.638. The van der Waals surface area contributed by atoms with E-state index in [0.717, 1.165) is 0 Å². The van der Waals surface area contributed by atoms with E-state index in [1.54, 1.807) is 7.11 Å². The molecular formula is C7H15ClO3. The lowest BCUT2D eigenvalue weighted by molar-refractivity contribution is -0.0260. The number of hydrogen-bond donors (Lipinski definition) is 1. The molecule has 0 rings (SSSR count). The van der Waals surface area contributed by atoms with Gasteiger partial charge in [-0.05, 0) is 6.92 Å². The summed E-state index contributed by atoms with van der Waals surface area (Å²) in [4.78, 5) is 0. The third-order valence-electron chi connectivity index (χ3n) is 1.15. The van der Waals surface area contributed by atoms with Crippen molar-refractivity contribution >= 4 is 11.6 Å². The van der Waals surface area contributed by atoms with E-state index in [1.807, 2.05) is 6.92 Å². The van der Waals surface area contributed by atoms with Crippen LogP contribution in [0.4, 0.5) is 0 Å².